The molecule has 0 aliphatic heterocycles. The summed E-state index contributed by atoms with van der Waals surface area (Å²) < 4.78 is 18.4. The summed E-state index contributed by atoms with van der Waals surface area (Å²) in [7, 11) is 0. The second kappa shape index (κ2) is 4.00. The van der Waals surface area contributed by atoms with Crippen molar-refractivity contribution < 1.29 is 13.9 Å². The Balaban J connectivity index is 3.52. The Morgan fingerprint density at radius 1 is 1.75 bits per heavy atom. The molecule has 0 saturated carbocycles. The van der Waals surface area contributed by atoms with E-state index in [-0.39, 0.29) is 6.61 Å². The normalized spacial score (nSPS) is 17.9. The number of rotatable bonds is 3. The second-order valence-electron chi connectivity index (χ2n) is 1.49. The minimum Gasteiger partial charge on any atom is -0.395 e. The molecule has 0 saturated heterocycles. The van der Waals surface area contributed by atoms with Crippen molar-refractivity contribution in [3.63, 3.8) is 0 Å². The molecule has 50 valence electrons. The molecule has 2 N–H and O–H groups in total. The molecule has 2 atom stereocenters. The molecule has 8 heavy (non-hydrogen) atoms. The van der Waals surface area contributed by atoms with Gasteiger partial charge < -0.3 is 9.66 Å². The minimum absolute atomic E-state index is 0.209. The van der Waals surface area contributed by atoms with Crippen molar-refractivity contribution in [3.8, 4) is 0 Å². The van der Waals surface area contributed by atoms with Crippen LogP contribution in [0.2, 0.25) is 0 Å². The van der Waals surface area contributed by atoms with Gasteiger partial charge in [-0.25, -0.2) is 4.21 Å². The van der Waals surface area contributed by atoms with Crippen LogP contribution in [0.3, 0.4) is 0 Å². The van der Waals surface area contributed by atoms with Crippen LogP contribution in [-0.2, 0) is 11.1 Å². The molecule has 3 nitrogen and oxygen atoms in total. The Labute approximate surface area is 51.0 Å². The molecule has 0 rings (SSSR count). The zero-order valence-electron chi connectivity index (χ0n) is 4.70. The van der Waals surface area contributed by atoms with E-state index in [1.54, 1.807) is 6.92 Å². The first-order chi connectivity index (χ1) is 3.72. The van der Waals surface area contributed by atoms with Gasteiger partial charge in [0.1, 0.15) is 0 Å². The Morgan fingerprint density at radius 3 is 2.25 bits per heavy atom. The molecule has 0 amide bonds. The summed E-state index contributed by atoms with van der Waals surface area (Å²) in [5, 5.41) is 7.88. The van der Waals surface area contributed by atoms with E-state index < -0.39 is 16.3 Å². The standard InChI is InChI=1S/C4H10O3S/c1-2-4(3-5)8(6)7/h4-5H,2-3H2,1H3,(H,6,7). The molecule has 0 aromatic heterocycles. The van der Waals surface area contributed by atoms with Crippen LogP contribution in [0, 0.1) is 0 Å². The molecule has 2 unspecified atom stereocenters. The summed E-state index contributed by atoms with van der Waals surface area (Å²) in [6.45, 7) is 1.55. The van der Waals surface area contributed by atoms with Gasteiger partial charge in [0.25, 0.3) is 0 Å². The summed E-state index contributed by atoms with van der Waals surface area (Å²) in [6.07, 6.45) is 0.541. The Bertz CT molecular complexity index is 79.4. The van der Waals surface area contributed by atoms with Crippen molar-refractivity contribution in [2.75, 3.05) is 6.61 Å². The van der Waals surface area contributed by atoms with Crippen LogP contribution in [0.25, 0.3) is 0 Å². The van der Waals surface area contributed by atoms with E-state index in [0.29, 0.717) is 6.42 Å². The molecule has 0 heterocycles. The fraction of sp³-hybridized carbons (Fsp3) is 1.00. The lowest BCUT2D eigenvalue weighted by Gasteiger charge is -2.03. The third kappa shape index (κ3) is 2.40. The van der Waals surface area contributed by atoms with Crippen molar-refractivity contribution >= 4 is 11.1 Å². The Kier molecular flexibility index (Phi) is 4.03. The van der Waals surface area contributed by atoms with Crippen LogP contribution in [0.15, 0.2) is 0 Å². The predicted octanol–water partition coefficient (Wildman–Crippen LogP) is -0.0210. The highest BCUT2D eigenvalue weighted by atomic mass is 32.2. The molecule has 0 aliphatic rings. The highest BCUT2D eigenvalue weighted by Gasteiger charge is 2.09. The van der Waals surface area contributed by atoms with Crippen molar-refractivity contribution in [1.29, 1.82) is 0 Å². The van der Waals surface area contributed by atoms with Gasteiger partial charge in [-0.05, 0) is 6.42 Å². The van der Waals surface area contributed by atoms with Gasteiger partial charge >= 0.3 is 0 Å². The molecule has 0 bridgehead atoms. The first-order valence-corrected chi connectivity index (χ1v) is 3.59. The summed E-state index contributed by atoms with van der Waals surface area (Å²) >= 11 is -1.85. The first kappa shape index (κ1) is 8.07. The molecular weight excluding hydrogens is 128 g/mol. The molecule has 0 radical (unpaired) electrons. The summed E-state index contributed by atoms with van der Waals surface area (Å²) in [6, 6.07) is 0. The van der Waals surface area contributed by atoms with Crippen LogP contribution >= 0.6 is 0 Å². The van der Waals surface area contributed by atoms with E-state index in [9.17, 15) is 4.21 Å². The minimum atomic E-state index is -1.85. The van der Waals surface area contributed by atoms with Gasteiger partial charge in [0, 0.05) is 0 Å². The maximum Gasteiger partial charge on any atom is 0.158 e. The zero-order valence-corrected chi connectivity index (χ0v) is 5.52. The van der Waals surface area contributed by atoms with E-state index in [1.807, 2.05) is 0 Å². The van der Waals surface area contributed by atoms with E-state index in [1.165, 1.54) is 0 Å². The molecular formula is C4H10O3S. The van der Waals surface area contributed by atoms with E-state index in [0.717, 1.165) is 0 Å². The smallest absolute Gasteiger partial charge is 0.158 e. The number of hydrogen-bond acceptors (Lipinski definition) is 2. The van der Waals surface area contributed by atoms with Crippen LogP contribution in [0.5, 0.6) is 0 Å². The van der Waals surface area contributed by atoms with Gasteiger partial charge in [0.15, 0.2) is 11.1 Å². The third-order valence-electron chi connectivity index (χ3n) is 0.944. The van der Waals surface area contributed by atoms with Crippen LogP contribution in [-0.4, -0.2) is 25.7 Å². The van der Waals surface area contributed by atoms with E-state index in [4.69, 9.17) is 9.66 Å². The average molecular weight is 138 g/mol. The van der Waals surface area contributed by atoms with E-state index >= 15 is 0 Å². The molecule has 0 aromatic rings. The number of aliphatic hydroxyl groups excluding tert-OH is 1. The summed E-state index contributed by atoms with van der Waals surface area (Å²) in [5.74, 6) is 0. The van der Waals surface area contributed by atoms with Gasteiger partial charge in [-0.3, -0.25) is 0 Å². The maximum absolute atomic E-state index is 10.1. The average Bonchev–Trinajstić information content (AvgIpc) is 1.69. The van der Waals surface area contributed by atoms with Gasteiger partial charge in [-0.15, -0.1) is 0 Å². The molecule has 0 aliphatic carbocycles. The van der Waals surface area contributed by atoms with Crippen LogP contribution < -0.4 is 0 Å². The lowest BCUT2D eigenvalue weighted by atomic mass is 10.3. The van der Waals surface area contributed by atoms with Gasteiger partial charge in [-0.2, -0.15) is 0 Å². The van der Waals surface area contributed by atoms with Gasteiger partial charge in [-0.1, -0.05) is 6.92 Å². The predicted molar refractivity (Wildman–Crippen MR) is 31.9 cm³/mol. The van der Waals surface area contributed by atoms with Gasteiger partial charge in [0.05, 0.1) is 11.9 Å². The third-order valence-corrected chi connectivity index (χ3v) is 2.00. The molecule has 0 fully saturated rings. The Hall–Kier alpha value is 0.0700. The topological polar surface area (TPSA) is 57.5 Å². The van der Waals surface area contributed by atoms with Crippen molar-refractivity contribution in [2.24, 2.45) is 0 Å². The lowest BCUT2D eigenvalue weighted by Crippen LogP contribution is -2.17. The van der Waals surface area contributed by atoms with Crippen molar-refractivity contribution in [1.82, 2.24) is 0 Å². The fourth-order valence-corrected chi connectivity index (χ4v) is 0.748. The molecule has 0 aromatic carbocycles. The molecule has 4 heteroatoms. The first-order valence-electron chi connectivity index (χ1n) is 2.42. The number of hydrogen-bond donors (Lipinski definition) is 2. The highest BCUT2D eigenvalue weighted by Crippen LogP contribution is 1.96. The largest absolute Gasteiger partial charge is 0.395 e. The summed E-state index contributed by atoms with van der Waals surface area (Å²) in [5.41, 5.74) is 0. The van der Waals surface area contributed by atoms with Crippen LogP contribution in [0.1, 0.15) is 13.3 Å². The number of aliphatic hydroxyl groups is 1. The fourth-order valence-electron chi connectivity index (χ4n) is 0.335. The van der Waals surface area contributed by atoms with Gasteiger partial charge in [0.2, 0.25) is 0 Å². The van der Waals surface area contributed by atoms with Crippen molar-refractivity contribution in [3.05, 3.63) is 0 Å². The SMILES string of the molecule is CCC(CO)S(=O)O. The molecule has 0 spiro atoms. The van der Waals surface area contributed by atoms with E-state index in [2.05, 4.69) is 0 Å². The Morgan fingerprint density at radius 2 is 2.25 bits per heavy atom. The monoisotopic (exact) mass is 138 g/mol. The zero-order chi connectivity index (χ0) is 6.57. The second-order valence-corrected chi connectivity index (χ2v) is 2.71. The van der Waals surface area contributed by atoms with Crippen LogP contribution in [0.4, 0.5) is 0 Å². The maximum atomic E-state index is 10.1. The van der Waals surface area contributed by atoms with Crippen molar-refractivity contribution in [2.45, 2.75) is 18.6 Å². The quantitative estimate of drug-likeness (QED) is 0.539. The lowest BCUT2D eigenvalue weighted by molar-refractivity contribution is 0.286. The summed E-state index contributed by atoms with van der Waals surface area (Å²) in [4.78, 5) is 0. The highest BCUT2D eigenvalue weighted by molar-refractivity contribution is 7.79.